The highest BCUT2D eigenvalue weighted by molar-refractivity contribution is 6.32. The van der Waals surface area contributed by atoms with E-state index in [0.717, 1.165) is 24.0 Å². The van der Waals surface area contributed by atoms with Gasteiger partial charge in [0.2, 0.25) is 0 Å². The van der Waals surface area contributed by atoms with Crippen LogP contribution in [0.4, 0.5) is 0 Å². The minimum Gasteiger partial charge on any atom is -0.478 e. The first kappa shape index (κ1) is 11.1. The average Bonchev–Trinajstić information content (AvgIpc) is 2.17. The van der Waals surface area contributed by atoms with Crippen molar-refractivity contribution in [2.45, 2.75) is 26.7 Å². The lowest BCUT2D eigenvalue weighted by Crippen LogP contribution is -2.00. The van der Waals surface area contributed by atoms with Crippen LogP contribution in [0.1, 0.15) is 35.3 Å². The molecule has 2 nitrogen and oxygen atoms in total. The standard InChI is InChI=1S/C11H13ClO2/c1-3-7-5-9(11(13)14)6-8(4-2)10(7)12/h5-6H,3-4H2,1-2H3,(H,13,14). The zero-order valence-electron chi connectivity index (χ0n) is 8.30. The first-order valence-corrected chi connectivity index (χ1v) is 5.02. The molecule has 0 radical (unpaired) electrons. The number of carboxylic acid groups (broad SMARTS) is 1. The van der Waals surface area contributed by atoms with Crippen molar-refractivity contribution < 1.29 is 9.90 Å². The Kier molecular flexibility index (Phi) is 3.53. The van der Waals surface area contributed by atoms with Gasteiger partial charge in [-0.3, -0.25) is 0 Å². The van der Waals surface area contributed by atoms with Crippen LogP contribution in [0.25, 0.3) is 0 Å². The molecule has 0 aromatic heterocycles. The van der Waals surface area contributed by atoms with Crippen molar-refractivity contribution >= 4 is 17.6 Å². The molecule has 1 aromatic rings. The predicted molar refractivity (Wildman–Crippen MR) is 57.2 cm³/mol. The van der Waals surface area contributed by atoms with E-state index in [1.165, 1.54) is 0 Å². The van der Waals surface area contributed by atoms with E-state index in [2.05, 4.69) is 0 Å². The second-order valence-electron chi connectivity index (χ2n) is 3.12. The number of carboxylic acids is 1. The molecule has 0 unspecified atom stereocenters. The Morgan fingerprint density at radius 1 is 1.29 bits per heavy atom. The Morgan fingerprint density at radius 3 is 2.00 bits per heavy atom. The Labute approximate surface area is 88.5 Å². The molecule has 76 valence electrons. The summed E-state index contributed by atoms with van der Waals surface area (Å²) in [5, 5.41) is 9.58. The van der Waals surface area contributed by atoms with Crippen LogP contribution in [0, 0.1) is 0 Å². The van der Waals surface area contributed by atoms with Crippen molar-refractivity contribution in [1.82, 2.24) is 0 Å². The lowest BCUT2D eigenvalue weighted by molar-refractivity contribution is 0.0696. The van der Waals surface area contributed by atoms with Gasteiger partial charge in [-0.15, -0.1) is 0 Å². The normalized spacial score (nSPS) is 10.2. The molecule has 0 fully saturated rings. The van der Waals surface area contributed by atoms with Gasteiger partial charge in [-0.05, 0) is 36.1 Å². The van der Waals surface area contributed by atoms with Gasteiger partial charge in [0.05, 0.1) is 5.56 Å². The second kappa shape index (κ2) is 4.47. The van der Waals surface area contributed by atoms with Crippen molar-refractivity contribution in [2.24, 2.45) is 0 Å². The maximum Gasteiger partial charge on any atom is 0.335 e. The highest BCUT2D eigenvalue weighted by atomic mass is 35.5. The number of hydrogen-bond acceptors (Lipinski definition) is 1. The first-order chi connectivity index (χ1) is 6.60. The van der Waals surface area contributed by atoms with Crippen LogP contribution in [0.5, 0.6) is 0 Å². The average molecular weight is 213 g/mol. The molecule has 0 atom stereocenters. The molecule has 0 saturated heterocycles. The van der Waals surface area contributed by atoms with Crippen LogP contribution in [-0.4, -0.2) is 11.1 Å². The number of carbonyl (C=O) groups is 1. The van der Waals surface area contributed by atoms with Gasteiger partial charge in [0.25, 0.3) is 0 Å². The summed E-state index contributed by atoms with van der Waals surface area (Å²) in [6.07, 6.45) is 1.51. The third kappa shape index (κ3) is 2.07. The van der Waals surface area contributed by atoms with Crippen molar-refractivity contribution in [3.63, 3.8) is 0 Å². The molecular formula is C11H13ClO2. The molecule has 0 spiro atoms. The van der Waals surface area contributed by atoms with Crippen molar-refractivity contribution in [3.05, 3.63) is 33.8 Å². The first-order valence-electron chi connectivity index (χ1n) is 4.64. The van der Waals surface area contributed by atoms with E-state index in [4.69, 9.17) is 16.7 Å². The predicted octanol–water partition coefficient (Wildman–Crippen LogP) is 3.16. The lowest BCUT2D eigenvalue weighted by atomic mass is 10.0. The van der Waals surface area contributed by atoms with E-state index in [0.29, 0.717) is 10.6 Å². The van der Waals surface area contributed by atoms with Crippen LogP contribution in [0.3, 0.4) is 0 Å². The SMILES string of the molecule is CCc1cc(C(=O)O)cc(CC)c1Cl. The second-order valence-corrected chi connectivity index (χ2v) is 3.50. The molecule has 0 amide bonds. The van der Waals surface area contributed by atoms with Gasteiger partial charge in [-0.2, -0.15) is 0 Å². The summed E-state index contributed by atoms with van der Waals surface area (Å²) in [5.41, 5.74) is 2.13. The van der Waals surface area contributed by atoms with E-state index in [9.17, 15) is 4.79 Å². The van der Waals surface area contributed by atoms with Gasteiger partial charge in [-0.1, -0.05) is 25.4 Å². The molecule has 14 heavy (non-hydrogen) atoms. The number of aryl methyl sites for hydroxylation is 2. The summed E-state index contributed by atoms with van der Waals surface area (Å²) < 4.78 is 0. The molecule has 1 aromatic carbocycles. The van der Waals surface area contributed by atoms with E-state index in [1.807, 2.05) is 13.8 Å². The largest absolute Gasteiger partial charge is 0.478 e. The van der Waals surface area contributed by atoms with Gasteiger partial charge in [-0.25, -0.2) is 4.79 Å². The maximum absolute atomic E-state index is 10.8. The maximum atomic E-state index is 10.8. The number of aromatic carboxylic acids is 1. The topological polar surface area (TPSA) is 37.3 Å². The summed E-state index contributed by atoms with van der Waals surface area (Å²) in [6, 6.07) is 3.29. The number of hydrogen-bond donors (Lipinski definition) is 1. The Balaban J connectivity index is 3.32. The van der Waals surface area contributed by atoms with E-state index in [1.54, 1.807) is 12.1 Å². The van der Waals surface area contributed by atoms with Crippen LogP contribution in [-0.2, 0) is 12.8 Å². The molecule has 1 rings (SSSR count). The van der Waals surface area contributed by atoms with Gasteiger partial charge >= 0.3 is 5.97 Å². The molecule has 0 aliphatic carbocycles. The molecule has 0 aliphatic rings. The van der Waals surface area contributed by atoms with Crippen molar-refractivity contribution in [1.29, 1.82) is 0 Å². The number of rotatable bonds is 3. The van der Waals surface area contributed by atoms with Crippen LogP contribution < -0.4 is 0 Å². The fourth-order valence-corrected chi connectivity index (χ4v) is 1.76. The number of benzene rings is 1. The third-order valence-corrected chi connectivity index (χ3v) is 2.72. The molecule has 0 heterocycles. The van der Waals surface area contributed by atoms with Crippen molar-refractivity contribution in [2.75, 3.05) is 0 Å². The smallest absolute Gasteiger partial charge is 0.335 e. The summed E-state index contributed by atoms with van der Waals surface area (Å²) in [6.45, 7) is 3.93. The molecular weight excluding hydrogens is 200 g/mol. The molecule has 1 N–H and O–H groups in total. The molecule has 0 bridgehead atoms. The van der Waals surface area contributed by atoms with Crippen molar-refractivity contribution in [3.8, 4) is 0 Å². The fraction of sp³-hybridized carbons (Fsp3) is 0.364. The van der Waals surface area contributed by atoms with Gasteiger partial charge in [0, 0.05) is 5.02 Å². The zero-order chi connectivity index (χ0) is 10.7. The van der Waals surface area contributed by atoms with Gasteiger partial charge < -0.3 is 5.11 Å². The Morgan fingerprint density at radius 2 is 1.71 bits per heavy atom. The fourth-order valence-electron chi connectivity index (χ4n) is 1.39. The van der Waals surface area contributed by atoms with E-state index >= 15 is 0 Å². The minimum atomic E-state index is -0.897. The summed E-state index contributed by atoms with van der Waals surface area (Å²) in [7, 11) is 0. The Bertz CT molecular complexity index is 333. The summed E-state index contributed by atoms with van der Waals surface area (Å²) in [4.78, 5) is 10.8. The van der Waals surface area contributed by atoms with Gasteiger partial charge in [0.1, 0.15) is 0 Å². The summed E-state index contributed by atoms with van der Waals surface area (Å²) >= 11 is 6.09. The van der Waals surface area contributed by atoms with Crippen LogP contribution >= 0.6 is 11.6 Å². The third-order valence-electron chi connectivity index (χ3n) is 2.23. The molecule has 0 saturated carbocycles. The monoisotopic (exact) mass is 212 g/mol. The zero-order valence-corrected chi connectivity index (χ0v) is 9.06. The quantitative estimate of drug-likeness (QED) is 0.836. The summed E-state index contributed by atoms with van der Waals surface area (Å²) in [5.74, 6) is -0.897. The Hall–Kier alpha value is -1.02. The van der Waals surface area contributed by atoms with Crippen LogP contribution in [0.15, 0.2) is 12.1 Å². The van der Waals surface area contributed by atoms with Crippen LogP contribution in [0.2, 0.25) is 5.02 Å². The lowest BCUT2D eigenvalue weighted by Gasteiger charge is -2.08. The number of halogens is 1. The highest BCUT2D eigenvalue weighted by Gasteiger charge is 2.10. The molecule has 3 heteroatoms. The van der Waals surface area contributed by atoms with E-state index in [-0.39, 0.29) is 0 Å². The molecule has 0 aliphatic heterocycles. The van der Waals surface area contributed by atoms with E-state index < -0.39 is 5.97 Å². The minimum absolute atomic E-state index is 0.322. The van der Waals surface area contributed by atoms with Gasteiger partial charge in [0.15, 0.2) is 0 Å². The highest BCUT2D eigenvalue weighted by Crippen LogP contribution is 2.24.